The topological polar surface area (TPSA) is 92.5 Å². The van der Waals surface area contributed by atoms with Crippen LogP contribution in [0.3, 0.4) is 0 Å². The number of fused-ring (bicyclic) bond motifs is 2. The quantitative estimate of drug-likeness (QED) is 0.662. The Bertz CT molecular complexity index is 959. The van der Waals surface area contributed by atoms with Gasteiger partial charge in [-0.1, -0.05) is 12.1 Å². The van der Waals surface area contributed by atoms with Crippen LogP contribution in [0.15, 0.2) is 36.4 Å². The van der Waals surface area contributed by atoms with Crippen LogP contribution in [0.1, 0.15) is 23.5 Å². The van der Waals surface area contributed by atoms with Crippen molar-refractivity contribution in [2.75, 3.05) is 16.8 Å². The van der Waals surface area contributed by atoms with Crippen LogP contribution in [0.4, 0.5) is 21.5 Å². The first kappa shape index (κ1) is 16.2. The number of anilines is 2. The molecule has 7 nitrogen and oxygen atoms in total. The molecule has 2 amide bonds. The van der Waals surface area contributed by atoms with Gasteiger partial charge in [0, 0.05) is 30.8 Å². The van der Waals surface area contributed by atoms with Crippen LogP contribution in [0.2, 0.25) is 0 Å². The number of hydrogen-bond acceptors (Lipinski definition) is 4. The molecule has 0 aromatic heterocycles. The maximum absolute atomic E-state index is 13.5. The summed E-state index contributed by atoms with van der Waals surface area (Å²) in [6.07, 6.45) is 0.548. The molecule has 0 saturated heterocycles. The highest BCUT2D eigenvalue weighted by molar-refractivity contribution is 6.07. The average Bonchev–Trinajstić information content (AvgIpc) is 3.03. The van der Waals surface area contributed by atoms with Gasteiger partial charge in [0.15, 0.2) is 0 Å². The Morgan fingerprint density at radius 2 is 2.08 bits per heavy atom. The van der Waals surface area contributed by atoms with Gasteiger partial charge >= 0.3 is 0 Å². The summed E-state index contributed by atoms with van der Waals surface area (Å²) in [5.41, 5.74) is 2.10. The van der Waals surface area contributed by atoms with E-state index in [2.05, 4.69) is 5.32 Å². The van der Waals surface area contributed by atoms with E-state index in [1.165, 1.54) is 35.2 Å². The molecule has 2 aromatic rings. The molecule has 0 spiro atoms. The van der Waals surface area contributed by atoms with E-state index in [4.69, 9.17) is 0 Å². The van der Waals surface area contributed by atoms with E-state index >= 15 is 0 Å². The van der Waals surface area contributed by atoms with E-state index in [1.807, 2.05) is 0 Å². The molecule has 2 aliphatic rings. The molecular formula is C18H14FN3O4. The molecule has 0 saturated carbocycles. The maximum atomic E-state index is 13.5. The highest BCUT2D eigenvalue weighted by Crippen LogP contribution is 2.38. The van der Waals surface area contributed by atoms with Crippen molar-refractivity contribution in [2.24, 2.45) is 0 Å². The summed E-state index contributed by atoms with van der Waals surface area (Å²) in [6.45, 7) is 0.393. The van der Waals surface area contributed by atoms with Crippen LogP contribution < -0.4 is 10.2 Å². The van der Waals surface area contributed by atoms with Gasteiger partial charge in [0.2, 0.25) is 11.8 Å². The van der Waals surface area contributed by atoms with Crippen LogP contribution in [-0.4, -0.2) is 23.3 Å². The lowest BCUT2D eigenvalue weighted by Gasteiger charge is -2.28. The minimum atomic E-state index is -0.746. The SMILES string of the molecule is O=C1C[C@H](C(=O)N2CCc3ccc([N+](=O)[O-])cc32)c2ccc(F)cc2N1. The number of nitro groups is 1. The summed E-state index contributed by atoms with van der Waals surface area (Å²) >= 11 is 0. The van der Waals surface area contributed by atoms with Crippen molar-refractivity contribution >= 4 is 28.9 Å². The zero-order valence-electron chi connectivity index (χ0n) is 13.6. The number of carbonyl (C=O) groups is 2. The fraction of sp³-hybridized carbons (Fsp3) is 0.222. The summed E-state index contributed by atoms with van der Waals surface area (Å²) in [4.78, 5) is 37.1. The summed E-state index contributed by atoms with van der Waals surface area (Å²) in [5.74, 6) is -1.92. The van der Waals surface area contributed by atoms with Crippen molar-refractivity contribution in [3.8, 4) is 0 Å². The summed E-state index contributed by atoms with van der Waals surface area (Å²) < 4.78 is 13.5. The monoisotopic (exact) mass is 355 g/mol. The minimum absolute atomic E-state index is 0.0434. The van der Waals surface area contributed by atoms with Crippen molar-refractivity contribution in [1.82, 2.24) is 0 Å². The number of rotatable bonds is 2. The van der Waals surface area contributed by atoms with Crippen molar-refractivity contribution in [3.63, 3.8) is 0 Å². The fourth-order valence-corrected chi connectivity index (χ4v) is 3.56. The molecule has 0 bridgehead atoms. The number of nitrogens with zero attached hydrogens (tertiary/aromatic N) is 2. The van der Waals surface area contributed by atoms with E-state index in [9.17, 15) is 24.1 Å². The van der Waals surface area contributed by atoms with Crippen molar-refractivity contribution in [3.05, 3.63) is 63.5 Å². The third-order valence-corrected chi connectivity index (χ3v) is 4.79. The number of carbonyl (C=O) groups excluding carboxylic acids is 2. The second kappa shape index (κ2) is 5.91. The third kappa shape index (κ3) is 2.59. The number of non-ortho nitro benzene ring substituents is 1. The van der Waals surface area contributed by atoms with Gasteiger partial charge in [-0.15, -0.1) is 0 Å². The van der Waals surface area contributed by atoms with Crippen LogP contribution in [0, 0.1) is 15.9 Å². The van der Waals surface area contributed by atoms with Crippen molar-refractivity contribution in [2.45, 2.75) is 18.8 Å². The second-order valence-electron chi connectivity index (χ2n) is 6.35. The van der Waals surface area contributed by atoms with E-state index in [0.29, 0.717) is 24.2 Å². The summed E-state index contributed by atoms with van der Waals surface area (Å²) in [6, 6.07) is 8.39. The highest BCUT2D eigenvalue weighted by atomic mass is 19.1. The smallest absolute Gasteiger partial charge is 0.271 e. The largest absolute Gasteiger partial charge is 0.326 e. The summed E-state index contributed by atoms with van der Waals surface area (Å²) in [5, 5.41) is 13.6. The predicted octanol–water partition coefficient (Wildman–Crippen LogP) is 2.75. The number of benzene rings is 2. The number of amides is 2. The van der Waals surface area contributed by atoms with Gasteiger partial charge in [-0.2, -0.15) is 0 Å². The molecular weight excluding hydrogens is 341 g/mol. The highest BCUT2D eigenvalue weighted by Gasteiger charge is 2.36. The van der Waals surface area contributed by atoms with Gasteiger partial charge in [0.25, 0.3) is 5.69 Å². The van der Waals surface area contributed by atoms with Crippen molar-refractivity contribution in [1.29, 1.82) is 0 Å². The lowest BCUT2D eigenvalue weighted by atomic mass is 9.89. The number of nitrogens with one attached hydrogen (secondary N) is 1. The molecule has 2 aliphatic heterocycles. The molecule has 8 heteroatoms. The molecule has 132 valence electrons. The maximum Gasteiger partial charge on any atom is 0.271 e. The van der Waals surface area contributed by atoms with Crippen LogP contribution in [0.25, 0.3) is 0 Å². The molecule has 0 radical (unpaired) electrons. The molecule has 1 atom stereocenters. The molecule has 2 aromatic carbocycles. The fourth-order valence-electron chi connectivity index (χ4n) is 3.56. The van der Waals surface area contributed by atoms with Gasteiger partial charge < -0.3 is 10.2 Å². The van der Waals surface area contributed by atoms with E-state index in [0.717, 1.165) is 5.56 Å². The molecule has 4 rings (SSSR count). The van der Waals surface area contributed by atoms with Crippen LogP contribution in [0.5, 0.6) is 0 Å². The van der Waals surface area contributed by atoms with Gasteiger partial charge in [0.05, 0.1) is 16.5 Å². The lowest BCUT2D eigenvalue weighted by Crippen LogP contribution is -2.37. The number of halogens is 1. The Morgan fingerprint density at radius 3 is 2.85 bits per heavy atom. The first-order valence-corrected chi connectivity index (χ1v) is 8.12. The third-order valence-electron chi connectivity index (χ3n) is 4.79. The standard InChI is InChI=1S/C18H14FN3O4/c19-11-2-4-13-14(9-17(23)20-15(13)7-11)18(24)21-6-5-10-1-3-12(22(25)26)8-16(10)21/h1-4,7-8,14H,5-6,9H2,(H,20,23)/t14-/m0/s1. The first-order chi connectivity index (χ1) is 12.4. The average molecular weight is 355 g/mol. The van der Waals surface area contributed by atoms with Crippen LogP contribution >= 0.6 is 0 Å². The Morgan fingerprint density at radius 1 is 1.27 bits per heavy atom. The zero-order chi connectivity index (χ0) is 18.4. The van der Waals surface area contributed by atoms with Gasteiger partial charge in [-0.05, 0) is 29.7 Å². The minimum Gasteiger partial charge on any atom is -0.326 e. The number of nitro benzene ring substituents is 1. The predicted molar refractivity (Wildman–Crippen MR) is 91.5 cm³/mol. The molecule has 26 heavy (non-hydrogen) atoms. The molecule has 1 N–H and O–H groups in total. The Labute approximate surface area is 147 Å². The Balaban J connectivity index is 1.72. The first-order valence-electron chi connectivity index (χ1n) is 8.12. The van der Waals surface area contributed by atoms with E-state index in [-0.39, 0.29) is 29.6 Å². The van der Waals surface area contributed by atoms with E-state index in [1.54, 1.807) is 6.07 Å². The number of hydrogen-bond donors (Lipinski definition) is 1. The van der Waals surface area contributed by atoms with E-state index < -0.39 is 16.7 Å². The Kier molecular flexibility index (Phi) is 3.68. The van der Waals surface area contributed by atoms with Crippen LogP contribution in [-0.2, 0) is 16.0 Å². The van der Waals surface area contributed by atoms with Crippen molar-refractivity contribution < 1.29 is 18.9 Å². The zero-order valence-corrected chi connectivity index (χ0v) is 13.6. The molecule has 0 unspecified atom stereocenters. The van der Waals surface area contributed by atoms with Gasteiger partial charge in [-0.3, -0.25) is 19.7 Å². The normalized spacial score (nSPS) is 18.1. The molecule has 2 heterocycles. The Hall–Kier alpha value is -3.29. The van der Waals surface area contributed by atoms with Gasteiger partial charge in [0.1, 0.15) is 5.82 Å². The molecule has 0 fully saturated rings. The van der Waals surface area contributed by atoms with Gasteiger partial charge in [-0.25, -0.2) is 4.39 Å². The second-order valence-corrected chi connectivity index (χ2v) is 6.35. The lowest BCUT2D eigenvalue weighted by molar-refractivity contribution is -0.384. The molecule has 0 aliphatic carbocycles. The summed E-state index contributed by atoms with van der Waals surface area (Å²) in [7, 11) is 0.